The van der Waals surface area contributed by atoms with Crippen LogP contribution in [0.15, 0.2) is 36.9 Å². The fraction of sp³-hybridized carbons (Fsp3) is 0.474. The number of nitrogens with zero attached hydrogens (tertiary/aromatic N) is 4. The molecule has 0 bridgehead atoms. The molecule has 0 N–H and O–H groups in total. The molecule has 0 spiro atoms. The van der Waals surface area contributed by atoms with E-state index in [0.29, 0.717) is 5.92 Å². The molecule has 5 heteroatoms. The van der Waals surface area contributed by atoms with Crippen molar-refractivity contribution in [3.8, 4) is 5.69 Å². The van der Waals surface area contributed by atoms with Crippen molar-refractivity contribution in [3.63, 3.8) is 0 Å². The zero-order valence-electron chi connectivity index (χ0n) is 14.8. The first-order valence-electron chi connectivity index (χ1n) is 8.55. The van der Waals surface area contributed by atoms with Crippen LogP contribution in [0.3, 0.4) is 0 Å². The average molecular weight is 326 g/mol. The predicted octanol–water partition coefficient (Wildman–Crippen LogP) is 2.48. The summed E-state index contributed by atoms with van der Waals surface area (Å²) in [6.07, 6.45) is 6.69. The molecular formula is C19H26N4O. The van der Waals surface area contributed by atoms with Gasteiger partial charge >= 0.3 is 0 Å². The summed E-state index contributed by atoms with van der Waals surface area (Å²) in [5, 5.41) is 0. The highest BCUT2D eigenvalue weighted by molar-refractivity contribution is 5.73. The molecule has 24 heavy (non-hydrogen) atoms. The van der Waals surface area contributed by atoms with Gasteiger partial charge in [-0.2, -0.15) is 0 Å². The molecule has 5 nitrogen and oxygen atoms in total. The van der Waals surface area contributed by atoms with E-state index in [1.807, 2.05) is 22.0 Å². The van der Waals surface area contributed by atoms with Crippen LogP contribution in [0.2, 0.25) is 0 Å². The second kappa shape index (κ2) is 7.18. The lowest BCUT2D eigenvalue weighted by molar-refractivity contribution is -0.127. The minimum absolute atomic E-state index is 0.200. The molecule has 1 atom stereocenters. The monoisotopic (exact) mass is 326 g/mol. The number of amides is 1. The van der Waals surface area contributed by atoms with E-state index < -0.39 is 0 Å². The first kappa shape index (κ1) is 16.7. The highest BCUT2D eigenvalue weighted by Gasteiger charge is 2.25. The molecule has 3 rings (SSSR count). The molecule has 1 aliphatic rings. The predicted molar refractivity (Wildman–Crippen MR) is 95.0 cm³/mol. The van der Waals surface area contributed by atoms with Crippen LogP contribution in [0, 0.1) is 12.8 Å². The van der Waals surface area contributed by atoms with Gasteiger partial charge in [0.1, 0.15) is 0 Å². The van der Waals surface area contributed by atoms with E-state index in [4.69, 9.17) is 0 Å². The lowest BCUT2D eigenvalue weighted by atomic mass is 10.1. The fourth-order valence-electron chi connectivity index (χ4n) is 3.49. The van der Waals surface area contributed by atoms with Crippen LogP contribution in [0.4, 0.5) is 0 Å². The summed E-state index contributed by atoms with van der Waals surface area (Å²) < 4.78 is 2.02. The maximum atomic E-state index is 11.4. The number of imidazole rings is 1. The van der Waals surface area contributed by atoms with E-state index in [1.54, 1.807) is 13.1 Å². The molecule has 1 aromatic heterocycles. The Hall–Kier alpha value is -2.14. The molecule has 2 heterocycles. The Morgan fingerprint density at radius 2 is 2.25 bits per heavy atom. The number of hydrogen-bond acceptors (Lipinski definition) is 3. The van der Waals surface area contributed by atoms with Gasteiger partial charge in [-0.15, -0.1) is 0 Å². The van der Waals surface area contributed by atoms with Crippen LogP contribution in [0.5, 0.6) is 0 Å². The summed E-state index contributed by atoms with van der Waals surface area (Å²) in [6.45, 7) is 7.61. The van der Waals surface area contributed by atoms with Gasteiger partial charge in [0.05, 0.1) is 6.33 Å². The summed E-state index contributed by atoms with van der Waals surface area (Å²) >= 11 is 0. The van der Waals surface area contributed by atoms with E-state index in [1.165, 1.54) is 11.1 Å². The first-order valence-corrected chi connectivity index (χ1v) is 8.55. The highest BCUT2D eigenvalue weighted by atomic mass is 16.2. The van der Waals surface area contributed by atoms with Crippen molar-refractivity contribution < 1.29 is 4.79 Å². The Morgan fingerprint density at radius 3 is 2.88 bits per heavy atom. The van der Waals surface area contributed by atoms with Crippen LogP contribution in [-0.2, 0) is 11.3 Å². The van der Waals surface area contributed by atoms with Crippen LogP contribution in [0.25, 0.3) is 5.69 Å². The zero-order valence-corrected chi connectivity index (χ0v) is 14.8. The van der Waals surface area contributed by atoms with Gasteiger partial charge in [-0.25, -0.2) is 4.98 Å². The van der Waals surface area contributed by atoms with Gasteiger partial charge in [-0.05, 0) is 49.6 Å². The van der Waals surface area contributed by atoms with Gasteiger partial charge in [0.15, 0.2) is 0 Å². The summed E-state index contributed by atoms with van der Waals surface area (Å²) in [7, 11) is 2.17. The lowest BCUT2D eigenvalue weighted by Crippen LogP contribution is -2.30. The van der Waals surface area contributed by atoms with Crippen molar-refractivity contribution in [1.82, 2.24) is 19.4 Å². The Bertz CT molecular complexity index is 695. The maximum absolute atomic E-state index is 11.4. The van der Waals surface area contributed by atoms with Crippen molar-refractivity contribution in [2.75, 3.05) is 26.7 Å². The van der Waals surface area contributed by atoms with Gasteiger partial charge in [-0.3, -0.25) is 4.79 Å². The number of benzene rings is 1. The molecule has 1 amide bonds. The number of carbonyl (C=O) groups excluding carboxylic acids is 1. The molecular weight excluding hydrogens is 300 g/mol. The number of aryl methyl sites for hydroxylation is 1. The average Bonchev–Trinajstić information content (AvgIpc) is 3.20. The summed E-state index contributed by atoms with van der Waals surface area (Å²) in [6, 6.07) is 6.56. The molecule has 1 unspecified atom stereocenters. The SMILES string of the molecule is CC(=O)N1CCC(CN(C)Cc2ccc(-n3ccnc3)cc2C)C1. The quantitative estimate of drug-likeness (QED) is 0.848. The molecule has 1 fully saturated rings. The second-order valence-corrected chi connectivity index (χ2v) is 6.90. The van der Waals surface area contributed by atoms with Crippen LogP contribution >= 0.6 is 0 Å². The van der Waals surface area contributed by atoms with Gasteiger partial charge in [0, 0.05) is 51.2 Å². The molecule has 2 aromatic rings. The number of likely N-dealkylation sites (tertiary alicyclic amines) is 1. The molecule has 0 saturated carbocycles. The smallest absolute Gasteiger partial charge is 0.219 e. The normalized spacial score (nSPS) is 17.7. The second-order valence-electron chi connectivity index (χ2n) is 6.90. The molecule has 1 saturated heterocycles. The van der Waals surface area contributed by atoms with Crippen molar-refractivity contribution >= 4 is 5.91 Å². The van der Waals surface area contributed by atoms with Crippen molar-refractivity contribution in [2.24, 2.45) is 5.92 Å². The lowest BCUT2D eigenvalue weighted by Gasteiger charge is -2.22. The molecule has 1 aromatic carbocycles. The van der Waals surface area contributed by atoms with Crippen LogP contribution in [-0.4, -0.2) is 51.9 Å². The molecule has 0 aliphatic carbocycles. The summed E-state index contributed by atoms with van der Waals surface area (Å²) in [5.74, 6) is 0.788. The Balaban J connectivity index is 1.58. The van der Waals surface area contributed by atoms with E-state index >= 15 is 0 Å². The maximum Gasteiger partial charge on any atom is 0.219 e. The summed E-state index contributed by atoms with van der Waals surface area (Å²) in [5.41, 5.74) is 3.79. The fourth-order valence-corrected chi connectivity index (χ4v) is 3.49. The van der Waals surface area contributed by atoms with E-state index in [9.17, 15) is 4.79 Å². The number of hydrogen-bond donors (Lipinski definition) is 0. The van der Waals surface area contributed by atoms with E-state index in [-0.39, 0.29) is 5.91 Å². The number of aromatic nitrogens is 2. The third-order valence-electron chi connectivity index (χ3n) is 4.87. The highest BCUT2D eigenvalue weighted by Crippen LogP contribution is 2.20. The van der Waals surface area contributed by atoms with Gasteiger partial charge < -0.3 is 14.4 Å². The topological polar surface area (TPSA) is 41.4 Å². The number of rotatable bonds is 5. The standard InChI is InChI=1S/C19H26N4O/c1-15-10-19(23-9-7-20-14-23)5-4-18(15)13-21(3)11-17-6-8-22(12-17)16(2)24/h4-5,7,9-10,14,17H,6,8,11-13H2,1-3H3. The van der Waals surface area contributed by atoms with Crippen LogP contribution in [0.1, 0.15) is 24.5 Å². The van der Waals surface area contributed by atoms with Crippen molar-refractivity contribution in [2.45, 2.75) is 26.8 Å². The largest absolute Gasteiger partial charge is 0.343 e. The Morgan fingerprint density at radius 1 is 1.42 bits per heavy atom. The van der Waals surface area contributed by atoms with Gasteiger partial charge in [0.2, 0.25) is 5.91 Å². The molecule has 128 valence electrons. The third kappa shape index (κ3) is 3.85. The number of carbonyl (C=O) groups is 1. The zero-order chi connectivity index (χ0) is 17.1. The van der Waals surface area contributed by atoms with Gasteiger partial charge in [-0.1, -0.05) is 6.07 Å². The van der Waals surface area contributed by atoms with Crippen molar-refractivity contribution in [3.05, 3.63) is 48.0 Å². The molecule has 0 radical (unpaired) electrons. The van der Waals surface area contributed by atoms with Crippen molar-refractivity contribution in [1.29, 1.82) is 0 Å². The first-order chi connectivity index (χ1) is 11.5. The van der Waals surface area contributed by atoms with E-state index in [2.05, 4.69) is 42.1 Å². The Labute approximate surface area is 143 Å². The Kier molecular flexibility index (Phi) is 5.00. The van der Waals surface area contributed by atoms with Gasteiger partial charge in [0.25, 0.3) is 0 Å². The van der Waals surface area contributed by atoms with E-state index in [0.717, 1.165) is 38.3 Å². The minimum atomic E-state index is 0.200. The summed E-state index contributed by atoms with van der Waals surface area (Å²) in [4.78, 5) is 19.9. The third-order valence-corrected chi connectivity index (χ3v) is 4.87. The minimum Gasteiger partial charge on any atom is -0.343 e. The molecule has 1 aliphatic heterocycles. The van der Waals surface area contributed by atoms with Crippen LogP contribution < -0.4 is 0 Å².